The fraction of sp³-hybridized carbons (Fsp3) is 0.300. The van der Waals surface area contributed by atoms with E-state index in [2.05, 4.69) is 15.4 Å². The van der Waals surface area contributed by atoms with E-state index in [1.54, 1.807) is 25.1 Å². The third kappa shape index (κ3) is 7.19. The van der Waals surface area contributed by atoms with E-state index in [1.807, 2.05) is 31.2 Å². The Labute approximate surface area is 166 Å². The van der Waals surface area contributed by atoms with E-state index in [4.69, 9.17) is 0 Å². The number of hydrogen-bond acceptors (Lipinski definition) is 4. The summed E-state index contributed by atoms with van der Waals surface area (Å²) in [5.74, 6) is -0.354. The minimum absolute atomic E-state index is 0.0237. The average Bonchev–Trinajstić information content (AvgIpc) is 2.66. The van der Waals surface area contributed by atoms with Crippen LogP contribution in [0.3, 0.4) is 0 Å². The Hall–Kier alpha value is -2.61. The van der Waals surface area contributed by atoms with Crippen LogP contribution in [0.5, 0.6) is 5.75 Å². The summed E-state index contributed by atoms with van der Waals surface area (Å²) in [7, 11) is 0. The first-order chi connectivity index (χ1) is 13.3. The molecule has 28 heavy (non-hydrogen) atoms. The molecule has 0 radical (unpaired) electrons. The molecule has 0 aliphatic rings. The second-order valence-corrected chi connectivity index (χ2v) is 7.40. The number of alkyl halides is 2. The minimum Gasteiger partial charge on any atom is -0.434 e. The molecule has 0 bridgehead atoms. The molecule has 2 N–H and O–H groups in total. The van der Waals surface area contributed by atoms with Gasteiger partial charge in [-0.15, -0.1) is 11.8 Å². The molecule has 2 aromatic rings. The van der Waals surface area contributed by atoms with Crippen molar-refractivity contribution in [2.45, 2.75) is 32.3 Å². The van der Waals surface area contributed by atoms with Crippen molar-refractivity contribution in [3.63, 3.8) is 0 Å². The number of nitrogens with one attached hydrogen (secondary N) is 2. The quantitative estimate of drug-likeness (QED) is 0.659. The number of para-hydroxylation sites is 1. The topological polar surface area (TPSA) is 67.4 Å². The molecule has 2 rings (SSSR count). The molecule has 8 heteroatoms. The number of anilines is 1. The van der Waals surface area contributed by atoms with Gasteiger partial charge in [0, 0.05) is 17.8 Å². The van der Waals surface area contributed by atoms with Crippen LogP contribution < -0.4 is 15.4 Å². The zero-order chi connectivity index (χ0) is 20.5. The summed E-state index contributed by atoms with van der Waals surface area (Å²) in [5, 5.41) is 4.96. The monoisotopic (exact) mass is 408 g/mol. The number of amides is 2. The lowest BCUT2D eigenvalue weighted by Crippen LogP contribution is -2.31. The summed E-state index contributed by atoms with van der Waals surface area (Å²) >= 11 is 1.19. The van der Waals surface area contributed by atoms with E-state index in [9.17, 15) is 18.4 Å². The molecule has 0 spiro atoms. The Morgan fingerprint density at radius 1 is 1.11 bits per heavy atom. The molecular formula is C20H22F2N2O3S. The fourth-order valence-electron chi connectivity index (χ4n) is 2.30. The van der Waals surface area contributed by atoms with E-state index in [0.29, 0.717) is 11.3 Å². The van der Waals surface area contributed by atoms with Gasteiger partial charge in [0.2, 0.25) is 11.8 Å². The van der Waals surface area contributed by atoms with Crippen LogP contribution in [0.15, 0.2) is 48.5 Å². The molecule has 2 aromatic carbocycles. The van der Waals surface area contributed by atoms with Crippen LogP contribution in [0.2, 0.25) is 0 Å². The maximum absolute atomic E-state index is 12.4. The third-order valence-corrected chi connectivity index (χ3v) is 4.95. The van der Waals surface area contributed by atoms with Gasteiger partial charge in [-0.3, -0.25) is 9.59 Å². The average molecular weight is 408 g/mol. The maximum Gasteiger partial charge on any atom is 0.387 e. The first-order valence-corrected chi connectivity index (χ1v) is 9.68. The number of carbonyl (C=O) groups excluding carboxylic acids is 2. The Kier molecular flexibility index (Phi) is 8.25. The van der Waals surface area contributed by atoms with Crippen LogP contribution in [-0.2, 0) is 16.1 Å². The van der Waals surface area contributed by atoms with Crippen molar-refractivity contribution in [2.24, 2.45) is 0 Å². The Morgan fingerprint density at radius 2 is 1.79 bits per heavy atom. The first kappa shape index (κ1) is 21.7. The van der Waals surface area contributed by atoms with Crippen LogP contribution in [0.25, 0.3) is 0 Å². The Bertz CT molecular complexity index is 800. The number of carbonyl (C=O) groups is 2. The number of hydrogen-bond donors (Lipinski definition) is 2. The molecule has 0 aliphatic carbocycles. The number of halogens is 2. The van der Waals surface area contributed by atoms with Crippen LogP contribution in [-0.4, -0.2) is 29.4 Å². The van der Waals surface area contributed by atoms with E-state index in [0.717, 1.165) is 5.56 Å². The maximum atomic E-state index is 12.4. The van der Waals surface area contributed by atoms with Crippen molar-refractivity contribution in [3.05, 3.63) is 59.7 Å². The number of aryl methyl sites for hydroxylation is 1. The largest absolute Gasteiger partial charge is 0.434 e. The highest BCUT2D eigenvalue weighted by atomic mass is 32.2. The van der Waals surface area contributed by atoms with Crippen LogP contribution in [0.1, 0.15) is 18.1 Å². The van der Waals surface area contributed by atoms with E-state index in [-0.39, 0.29) is 29.9 Å². The Balaban J connectivity index is 1.78. The molecule has 0 aliphatic heterocycles. The van der Waals surface area contributed by atoms with Crippen LogP contribution in [0.4, 0.5) is 14.5 Å². The summed E-state index contributed by atoms with van der Waals surface area (Å²) in [6, 6.07) is 13.7. The predicted molar refractivity (Wildman–Crippen MR) is 107 cm³/mol. The van der Waals surface area contributed by atoms with E-state index < -0.39 is 11.9 Å². The highest BCUT2D eigenvalue weighted by Gasteiger charge is 2.16. The second kappa shape index (κ2) is 10.7. The van der Waals surface area contributed by atoms with Crippen molar-refractivity contribution >= 4 is 29.3 Å². The van der Waals surface area contributed by atoms with Crippen molar-refractivity contribution in [1.82, 2.24) is 5.32 Å². The van der Waals surface area contributed by atoms with Gasteiger partial charge in [-0.05, 0) is 32.0 Å². The van der Waals surface area contributed by atoms with Gasteiger partial charge in [-0.25, -0.2) is 0 Å². The molecule has 0 heterocycles. The zero-order valence-corrected chi connectivity index (χ0v) is 16.4. The van der Waals surface area contributed by atoms with Gasteiger partial charge >= 0.3 is 6.61 Å². The van der Waals surface area contributed by atoms with Crippen LogP contribution >= 0.6 is 11.8 Å². The molecule has 0 fully saturated rings. The fourth-order valence-corrected chi connectivity index (χ4v) is 3.01. The summed E-state index contributed by atoms with van der Waals surface area (Å²) in [4.78, 5) is 24.2. The zero-order valence-electron chi connectivity index (χ0n) is 15.6. The predicted octanol–water partition coefficient (Wildman–Crippen LogP) is 3.97. The van der Waals surface area contributed by atoms with Gasteiger partial charge in [-0.1, -0.05) is 35.9 Å². The lowest BCUT2D eigenvalue weighted by Gasteiger charge is -2.14. The lowest BCUT2D eigenvalue weighted by molar-refractivity contribution is -0.120. The SMILES string of the molecule is Cc1ccc(NC(=O)CSC(C)C(=O)NCc2ccccc2OC(F)F)cc1. The summed E-state index contributed by atoms with van der Waals surface area (Å²) in [5.41, 5.74) is 2.24. The van der Waals surface area contributed by atoms with Gasteiger partial charge in [0.05, 0.1) is 11.0 Å². The number of benzene rings is 2. The number of thioether (sulfide) groups is 1. The molecular weight excluding hydrogens is 386 g/mol. The van der Waals surface area contributed by atoms with Crippen molar-refractivity contribution in [1.29, 1.82) is 0 Å². The molecule has 5 nitrogen and oxygen atoms in total. The summed E-state index contributed by atoms with van der Waals surface area (Å²) in [6.45, 7) is 0.765. The molecule has 0 saturated carbocycles. The highest BCUT2D eigenvalue weighted by Crippen LogP contribution is 2.20. The van der Waals surface area contributed by atoms with E-state index >= 15 is 0 Å². The first-order valence-electron chi connectivity index (χ1n) is 8.63. The van der Waals surface area contributed by atoms with E-state index in [1.165, 1.54) is 17.8 Å². The summed E-state index contributed by atoms with van der Waals surface area (Å²) in [6.07, 6.45) is 0. The second-order valence-electron chi connectivity index (χ2n) is 6.07. The molecule has 1 unspecified atom stereocenters. The molecule has 0 saturated heterocycles. The van der Waals surface area contributed by atoms with Gasteiger partial charge in [0.25, 0.3) is 0 Å². The van der Waals surface area contributed by atoms with Crippen molar-refractivity contribution in [3.8, 4) is 5.75 Å². The van der Waals surface area contributed by atoms with Crippen molar-refractivity contribution < 1.29 is 23.1 Å². The number of rotatable bonds is 9. The lowest BCUT2D eigenvalue weighted by atomic mass is 10.2. The summed E-state index contributed by atoms with van der Waals surface area (Å²) < 4.78 is 29.3. The van der Waals surface area contributed by atoms with Crippen molar-refractivity contribution in [2.75, 3.05) is 11.1 Å². The van der Waals surface area contributed by atoms with Gasteiger partial charge in [0.15, 0.2) is 0 Å². The standard InChI is InChI=1S/C20H22F2N2O3S/c1-13-7-9-16(10-8-13)24-18(25)12-28-14(2)19(26)23-11-15-5-3-4-6-17(15)27-20(21)22/h3-10,14,20H,11-12H2,1-2H3,(H,23,26)(H,24,25). The highest BCUT2D eigenvalue weighted by molar-refractivity contribution is 8.01. The molecule has 0 aromatic heterocycles. The molecule has 2 amide bonds. The van der Waals surface area contributed by atoms with Crippen LogP contribution in [0, 0.1) is 6.92 Å². The van der Waals surface area contributed by atoms with Gasteiger partial charge in [0.1, 0.15) is 5.75 Å². The smallest absolute Gasteiger partial charge is 0.387 e. The van der Waals surface area contributed by atoms with Gasteiger partial charge in [-0.2, -0.15) is 8.78 Å². The Morgan fingerprint density at radius 3 is 2.46 bits per heavy atom. The molecule has 150 valence electrons. The third-order valence-electron chi connectivity index (χ3n) is 3.81. The molecule has 1 atom stereocenters. The number of ether oxygens (including phenoxy) is 1. The normalized spacial score (nSPS) is 11.8. The van der Waals surface area contributed by atoms with Gasteiger partial charge < -0.3 is 15.4 Å². The minimum atomic E-state index is -2.93.